The molecular weight excluding hydrogens is 260 g/mol. The molecule has 106 valence electrons. The van der Waals surface area contributed by atoms with E-state index >= 15 is 0 Å². The van der Waals surface area contributed by atoms with E-state index in [4.69, 9.17) is 4.74 Å². The predicted octanol–water partition coefficient (Wildman–Crippen LogP) is 0.930. The van der Waals surface area contributed by atoms with Gasteiger partial charge in [0, 0.05) is 6.54 Å². The molecule has 0 fully saturated rings. The Morgan fingerprint density at radius 3 is 2.70 bits per heavy atom. The maximum absolute atomic E-state index is 11.6. The quantitative estimate of drug-likeness (QED) is 0.847. The molecule has 20 heavy (non-hydrogen) atoms. The number of hydrogen-bond donors (Lipinski definition) is 2. The Bertz CT molecular complexity index is 566. The second-order valence-corrected chi connectivity index (χ2v) is 3.99. The summed E-state index contributed by atoms with van der Waals surface area (Å²) in [5.41, 5.74) is 0.968. The number of carbonyl (C=O) groups excluding carboxylic acids is 1. The summed E-state index contributed by atoms with van der Waals surface area (Å²) in [5.74, 6) is 0.973. The second-order valence-electron chi connectivity index (χ2n) is 3.99. The molecule has 0 saturated heterocycles. The molecule has 1 aromatic heterocycles. The van der Waals surface area contributed by atoms with Crippen LogP contribution < -0.4 is 15.4 Å². The van der Waals surface area contributed by atoms with Gasteiger partial charge in [0.1, 0.15) is 5.75 Å². The number of aryl methyl sites for hydroxylation is 1. The smallest absolute Gasteiger partial charge is 0.321 e. The number of carbonyl (C=O) groups is 1. The van der Waals surface area contributed by atoms with Gasteiger partial charge in [-0.05, 0) is 29.8 Å². The SMILES string of the molecule is CCOc1ccc(CNC(=O)Nc2nnn(C)n2)cc1. The van der Waals surface area contributed by atoms with E-state index in [1.54, 1.807) is 7.05 Å². The van der Waals surface area contributed by atoms with Gasteiger partial charge in [-0.15, -0.1) is 5.10 Å². The van der Waals surface area contributed by atoms with Crippen LogP contribution in [0.5, 0.6) is 5.75 Å². The first-order valence-corrected chi connectivity index (χ1v) is 6.18. The van der Waals surface area contributed by atoms with E-state index in [0.717, 1.165) is 11.3 Å². The fourth-order valence-electron chi connectivity index (χ4n) is 1.53. The summed E-state index contributed by atoms with van der Waals surface area (Å²) in [7, 11) is 1.62. The number of nitrogens with zero attached hydrogens (tertiary/aromatic N) is 4. The van der Waals surface area contributed by atoms with E-state index in [1.165, 1.54) is 4.80 Å². The second kappa shape index (κ2) is 6.50. The van der Waals surface area contributed by atoms with Gasteiger partial charge in [0.2, 0.25) is 0 Å². The maximum atomic E-state index is 11.6. The van der Waals surface area contributed by atoms with Crippen molar-refractivity contribution in [2.45, 2.75) is 13.5 Å². The third-order valence-electron chi connectivity index (χ3n) is 2.42. The Balaban J connectivity index is 1.80. The van der Waals surface area contributed by atoms with E-state index in [2.05, 4.69) is 26.0 Å². The summed E-state index contributed by atoms with van der Waals surface area (Å²) in [6.07, 6.45) is 0. The zero-order chi connectivity index (χ0) is 14.4. The molecule has 0 spiro atoms. The van der Waals surface area contributed by atoms with Gasteiger partial charge in [0.05, 0.1) is 13.7 Å². The molecule has 0 saturated carbocycles. The summed E-state index contributed by atoms with van der Waals surface area (Å²) in [4.78, 5) is 12.9. The summed E-state index contributed by atoms with van der Waals surface area (Å²) >= 11 is 0. The van der Waals surface area contributed by atoms with E-state index in [9.17, 15) is 4.79 Å². The average molecular weight is 276 g/mol. The van der Waals surface area contributed by atoms with Crippen molar-refractivity contribution in [2.75, 3.05) is 11.9 Å². The summed E-state index contributed by atoms with van der Waals surface area (Å²) < 4.78 is 5.34. The van der Waals surface area contributed by atoms with E-state index in [-0.39, 0.29) is 12.0 Å². The molecule has 8 nitrogen and oxygen atoms in total. The zero-order valence-electron chi connectivity index (χ0n) is 11.3. The lowest BCUT2D eigenvalue weighted by Gasteiger charge is -2.06. The highest BCUT2D eigenvalue weighted by Crippen LogP contribution is 2.11. The molecule has 2 N–H and O–H groups in total. The lowest BCUT2D eigenvalue weighted by Crippen LogP contribution is -2.28. The number of benzene rings is 1. The number of ether oxygens (including phenoxy) is 1. The molecule has 8 heteroatoms. The van der Waals surface area contributed by atoms with Crippen LogP contribution in [0.15, 0.2) is 24.3 Å². The normalized spacial score (nSPS) is 10.1. The zero-order valence-corrected chi connectivity index (χ0v) is 11.3. The lowest BCUT2D eigenvalue weighted by molar-refractivity contribution is 0.251. The number of amides is 2. The molecule has 1 heterocycles. The molecule has 2 amide bonds. The van der Waals surface area contributed by atoms with Crippen molar-refractivity contribution in [1.29, 1.82) is 0 Å². The summed E-state index contributed by atoms with van der Waals surface area (Å²) in [6.45, 7) is 2.96. The van der Waals surface area contributed by atoms with Crippen molar-refractivity contribution in [2.24, 2.45) is 7.05 Å². The predicted molar refractivity (Wildman–Crippen MR) is 72.3 cm³/mol. The lowest BCUT2D eigenvalue weighted by atomic mass is 10.2. The molecular formula is C12H16N6O2. The van der Waals surface area contributed by atoms with Crippen molar-refractivity contribution in [3.63, 3.8) is 0 Å². The minimum absolute atomic E-state index is 0.164. The average Bonchev–Trinajstić information content (AvgIpc) is 2.84. The van der Waals surface area contributed by atoms with Gasteiger partial charge in [-0.1, -0.05) is 17.2 Å². The Labute approximate surface area is 116 Å². The van der Waals surface area contributed by atoms with Crippen LogP contribution in [0, 0.1) is 0 Å². The first-order chi connectivity index (χ1) is 9.67. The molecule has 0 radical (unpaired) electrons. The van der Waals surface area contributed by atoms with Crippen LogP contribution in [0.2, 0.25) is 0 Å². The third-order valence-corrected chi connectivity index (χ3v) is 2.42. The van der Waals surface area contributed by atoms with Crippen LogP contribution in [0.3, 0.4) is 0 Å². The van der Waals surface area contributed by atoms with Crippen LogP contribution in [0.1, 0.15) is 12.5 Å². The first kappa shape index (κ1) is 13.8. The Kier molecular flexibility index (Phi) is 4.48. The first-order valence-electron chi connectivity index (χ1n) is 6.18. The van der Waals surface area contributed by atoms with Crippen LogP contribution in [0.4, 0.5) is 10.7 Å². The number of anilines is 1. The topological polar surface area (TPSA) is 94.0 Å². The molecule has 0 aliphatic rings. The molecule has 0 atom stereocenters. The fourth-order valence-corrected chi connectivity index (χ4v) is 1.53. The van der Waals surface area contributed by atoms with Gasteiger partial charge < -0.3 is 10.1 Å². The third kappa shape index (κ3) is 3.94. The van der Waals surface area contributed by atoms with E-state index in [0.29, 0.717) is 13.2 Å². The van der Waals surface area contributed by atoms with Crippen LogP contribution in [0.25, 0.3) is 0 Å². The van der Waals surface area contributed by atoms with Crippen molar-refractivity contribution in [1.82, 2.24) is 25.5 Å². The minimum atomic E-state index is -0.383. The van der Waals surface area contributed by atoms with E-state index in [1.807, 2.05) is 31.2 Å². The van der Waals surface area contributed by atoms with Crippen molar-refractivity contribution >= 4 is 12.0 Å². The van der Waals surface area contributed by atoms with Crippen LogP contribution >= 0.6 is 0 Å². The van der Waals surface area contributed by atoms with Crippen LogP contribution in [-0.2, 0) is 13.6 Å². The Morgan fingerprint density at radius 2 is 2.10 bits per heavy atom. The highest BCUT2D eigenvalue weighted by molar-refractivity contribution is 5.87. The Hall–Kier alpha value is -2.64. The van der Waals surface area contributed by atoms with Gasteiger partial charge in [-0.2, -0.15) is 4.80 Å². The Morgan fingerprint density at radius 1 is 1.35 bits per heavy atom. The number of rotatable bonds is 5. The number of tetrazole rings is 1. The minimum Gasteiger partial charge on any atom is -0.494 e. The number of aromatic nitrogens is 4. The van der Waals surface area contributed by atoms with Gasteiger partial charge in [-0.25, -0.2) is 4.79 Å². The highest BCUT2D eigenvalue weighted by Gasteiger charge is 2.05. The van der Waals surface area contributed by atoms with Crippen molar-refractivity contribution in [3.05, 3.63) is 29.8 Å². The molecule has 2 aromatic rings. The molecule has 0 aliphatic heterocycles. The monoisotopic (exact) mass is 276 g/mol. The number of hydrogen-bond acceptors (Lipinski definition) is 5. The molecule has 0 aliphatic carbocycles. The van der Waals surface area contributed by atoms with Crippen molar-refractivity contribution < 1.29 is 9.53 Å². The number of nitrogens with one attached hydrogen (secondary N) is 2. The van der Waals surface area contributed by atoms with Gasteiger partial charge in [-0.3, -0.25) is 5.32 Å². The van der Waals surface area contributed by atoms with Gasteiger partial charge >= 0.3 is 6.03 Å². The standard InChI is InChI=1S/C12H16N6O2/c1-3-20-10-6-4-9(5-7-10)8-13-12(19)14-11-15-17-18(2)16-11/h4-7H,3,8H2,1-2H3,(H2,13,14,16,19). The molecule has 1 aromatic carbocycles. The number of urea groups is 1. The largest absolute Gasteiger partial charge is 0.494 e. The fraction of sp³-hybridized carbons (Fsp3) is 0.333. The van der Waals surface area contributed by atoms with Gasteiger partial charge in [0.25, 0.3) is 5.95 Å². The summed E-state index contributed by atoms with van der Waals surface area (Å²) in [6, 6.07) is 7.13. The molecule has 0 unspecified atom stereocenters. The highest BCUT2D eigenvalue weighted by atomic mass is 16.5. The van der Waals surface area contributed by atoms with Crippen molar-refractivity contribution in [3.8, 4) is 5.75 Å². The van der Waals surface area contributed by atoms with Gasteiger partial charge in [0.15, 0.2) is 0 Å². The van der Waals surface area contributed by atoms with E-state index < -0.39 is 0 Å². The molecule has 0 bridgehead atoms. The maximum Gasteiger partial charge on any atom is 0.321 e. The van der Waals surface area contributed by atoms with Crippen LogP contribution in [-0.4, -0.2) is 32.8 Å². The molecule has 2 rings (SSSR count). The summed E-state index contributed by atoms with van der Waals surface area (Å²) in [5, 5.41) is 16.3.